The second-order valence-electron chi connectivity index (χ2n) is 3.93. The molecule has 1 aromatic carbocycles. The standard InChI is InChI=1S/C11H9F3IN/c1-10(2,6-16)7-3-4-9(15)8(5-7)11(12,13)14/h3-5H,1-2H3. The van der Waals surface area contributed by atoms with Crippen LogP contribution >= 0.6 is 22.6 Å². The average molecular weight is 339 g/mol. The van der Waals surface area contributed by atoms with Crippen molar-refractivity contribution >= 4 is 22.6 Å². The van der Waals surface area contributed by atoms with Crippen LogP contribution in [0, 0.1) is 14.9 Å². The summed E-state index contributed by atoms with van der Waals surface area (Å²) >= 11 is 1.64. The van der Waals surface area contributed by atoms with Gasteiger partial charge in [0.1, 0.15) is 0 Å². The molecule has 0 amide bonds. The third-order valence-corrected chi connectivity index (χ3v) is 3.21. The van der Waals surface area contributed by atoms with Crippen LogP contribution in [0.15, 0.2) is 18.2 Å². The monoisotopic (exact) mass is 339 g/mol. The van der Waals surface area contributed by atoms with Crippen LogP contribution in [0.4, 0.5) is 13.2 Å². The maximum atomic E-state index is 12.6. The highest BCUT2D eigenvalue weighted by molar-refractivity contribution is 14.1. The molecule has 0 aliphatic heterocycles. The first kappa shape index (κ1) is 13.3. The molecule has 0 spiro atoms. The van der Waals surface area contributed by atoms with E-state index in [-0.39, 0.29) is 3.57 Å². The number of halogens is 4. The minimum absolute atomic E-state index is 0.141. The Hall–Kier alpha value is -0.770. The minimum Gasteiger partial charge on any atom is -0.197 e. The largest absolute Gasteiger partial charge is 0.417 e. The van der Waals surface area contributed by atoms with Crippen LogP contribution in [-0.4, -0.2) is 0 Å². The second kappa shape index (κ2) is 4.24. The fraction of sp³-hybridized carbons (Fsp3) is 0.364. The Bertz CT molecular complexity index is 444. The minimum atomic E-state index is -4.38. The summed E-state index contributed by atoms with van der Waals surface area (Å²) in [6.07, 6.45) is -4.38. The van der Waals surface area contributed by atoms with E-state index in [0.717, 1.165) is 6.07 Å². The third kappa shape index (κ3) is 2.67. The Morgan fingerprint density at radius 3 is 2.25 bits per heavy atom. The molecule has 1 aromatic rings. The van der Waals surface area contributed by atoms with Gasteiger partial charge in [-0.25, -0.2) is 0 Å². The van der Waals surface area contributed by atoms with Crippen LogP contribution in [0.1, 0.15) is 25.0 Å². The third-order valence-electron chi connectivity index (χ3n) is 2.27. The van der Waals surface area contributed by atoms with Crippen molar-refractivity contribution in [2.45, 2.75) is 25.4 Å². The summed E-state index contributed by atoms with van der Waals surface area (Å²) in [4.78, 5) is 0. The highest BCUT2D eigenvalue weighted by Gasteiger charge is 2.34. The molecule has 1 nitrogen and oxygen atoms in total. The topological polar surface area (TPSA) is 23.8 Å². The van der Waals surface area contributed by atoms with Crippen molar-refractivity contribution in [3.8, 4) is 6.07 Å². The van der Waals surface area contributed by atoms with Gasteiger partial charge in [0.2, 0.25) is 0 Å². The maximum absolute atomic E-state index is 12.6. The summed E-state index contributed by atoms with van der Waals surface area (Å²) in [6, 6.07) is 5.98. The van der Waals surface area contributed by atoms with Gasteiger partial charge in [-0.05, 0) is 54.1 Å². The Labute approximate surface area is 105 Å². The van der Waals surface area contributed by atoms with Gasteiger partial charge in [0.25, 0.3) is 0 Å². The van der Waals surface area contributed by atoms with Crippen LogP contribution in [0.25, 0.3) is 0 Å². The van der Waals surface area contributed by atoms with Crippen LogP contribution in [-0.2, 0) is 11.6 Å². The zero-order valence-corrected chi connectivity index (χ0v) is 10.8. The van der Waals surface area contributed by atoms with E-state index in [1.165, 1.54) is 6.07 Å². The Morgan fingerprint density at radius 1 is 1.25 bits per heavy atom. The molecule has 0 N–H and O–H groups in total. The van der Waals surface area contributed by atoms with Crippen molar-refractivity contribution in [3.63, 3.8) is 0 Å². The molecule has 0 radical (unpaired) electrons. The van der Waals surface area contributed by atoms with Crippen LogP contribution in [0.5, 0.6) is 0 Å². The highest BCUT2D eigenvalue weighted by Crippen LogP contribution is 2.35. The SMILES string of the molecule is CC(C)(C#N)c1ccc(I)c(C(F)(F)F)c1. The summed E-state index contributed by atoms with van der Waals surface area (Å²) in [5.74, 6) is 0. The van der Waals surface area contributed by atoms with E-state index >= 15 is 0 Å². The van der Waals surface area contributed by atoms with E-state index in [0.29, 0.717) is 5.56 Å². The predicted octanol–water partition coefficient (Wildman–Crippen LogP) is 4.11. The van der Waals surface area contributed by atoms with Gasteiger partial charge in [-0.3, -0.25) is 0 Å². The van der Waals surface area contributed by atoms with Gasteiger partial charge in [-0.1, -0.05) is 6.07 Å². The Balaban J connectivity index is 3.36. The average Bonchev–Trinajstić information content (AvgIpc) is 2.16. The predicted molar refractivity (Wildman–Crippen MR) is 62.8 cm³/mol. The van der Waals surface area contributed by atoms with Crippen molar-refractivity contribution in [1.82, 2.24) is 0 Å². The van der Waals surface area contributed by atoms with Gasteiger partial charge in [0, 0.05) is 3.57 Å². The second-order valence-corrected chi connectivity index (χ2v) is 5.09. The van der Waals surface area contributed by atoms with Crippen LogP contribution in [0.3, 0.4) is 0 Å². The molecule has 0 atom stereocenters. The lowest BCUT2D eigenvalue weighted by Crippen LogP contribution is -2.16. The first-order chi connectivity index (χ1) is 7.18. The number of hydrogen-bond donors (Lipinski definition) is 0. The molecule has 5 heteroatoms. The summed E-state index contributed by atoms with van der Waals surface area (Å²) in [5.41, 5.74) is -1.22. The van der Waals surface area contributed by atoms with E-state index < -0.39 is 17.2 Å². The highest BCUT2D eigenvalue weighted by atomic mass is 127. The summed E-state index contributed by atoms with van der Waals surface area (Å²) in [6.45, 7) is 3.19. The lowest BCUT2D eigenvalue weighted by Gasteiger charge is -2.18. The van der Waals surface area contributed by atoms with Crippen molar-refractivity contribution in [1.29, 1.82) is 5.26 Å². The van der Waals surface area contributed by atoms with E-state index in [9.17, 15) is 13.2 Å². The molecule has 0 saturated carbocycles. The van der Waals surface area contributed by atoms with Crippen molar-refractivity contribution < 1.29 is 13.2 Å². The van der Waals surface area contributed by atoms with Crippen molar-refractivity contribution in [2.24, 2.45) is 0 Å². The number of nitrogens with zero attached hydrogens (tertiary/aromatic N) is 1. The molecule has 0 aliphatic carbocycles. The maximum Gasteiger partial charge on any atom is 0.417 e. The van der Waals surface area contributed by atoms with E-state index in [2.05, 4.69) is 0 Å². The van der Waals surface area contributed by atoms with Crippen molar-refractivity contribution in [2.75, 3.05) is 0 Å². The quantitative estimate of drug-likeness (QED) is 0.707. The Kier molecular flexibility index (Phi) is 3.53. The van der Waals surface area contributed by atoms with Gasteiger partial charge < -0.3 is 0 Å². The van der Waals surface area contributed by atoms with Gasteiger partial charge in [0.05, 0.1) is 17.0 Å². The molecular formula is C11H9F3IN. The van der Waals surface area contributed by atoms with E-state index in [1.807, 2.05) is 6.07 Å². The molecule has 0 fully saturated rings. The first-order valence-electron chi connectivity index (χ1n) is 4.47. The molecule has 16 heavy (non-hydrogen) atoms. The normalized spacial score (nSPS) is 12.3. The molecule has 0 saturated heterocycles. The number of benzene rings is 1. The van der Waals surface area contributed by atoms with Gasteiger partial charge in [0.15, 0.2) is 0 Å². The summed E-state index contributed by atoms with van der Waals surface area (Å²) < 4.78 is 38.0. The molecule has 0 unspecified atom stereocenters. The first-order valence-corrected chi connectivity index (χ1v) is 5.55. The molecule has 86 valence electrons. The zero-order chi connectivity index (χ0) is 12.6. The molecule has 0 aliphatic rings. The fourth-order valence-corrected chi connectivity index (χ4v) is 1.84. The van der Waals surface area contributed by atoms with Gasteiger partial charge in [-0.2, -0.15) is 18.4 Å². The molecule has 0 heterocycles. The molecular weight excluding hydrogens is 330 g/mol. The summed E-state index contributed by atoms with van der Waals surface area (Å²) in [7, 11) is 0. The number of rotatable bonds is 1. The van der Waals surface area contributed by atoms with Crippen molar-refractivity contribution in [3.05, 3.63) is 32.9 Å². The molecule has 0 aromatic heterocycles. The fourth-order valence-electron chi connectivity index (χ4n) is 1.20. The van der Waals surface area contributed by atoms with Crippen LogP contribution < -0.4 is 0 Å². The smallest absolute Gasteiger partial charge is 0.197 e. The number of alkyl halides is 3. The number of nitriles is 1. The number of hydrogen-bond acceptors (Lipinski definition) is 1. The van der Waals surface area contributed by atoms with Gasteiger partial charge >= 0.3 is 6.18 Å². The summed E-state index contributed by atoms with van der Waals surface area (Å²) in [5, 5.41) is 8.88. The van der Waals surface area contributed by atoms with E-state index in [1.54, 1.807) is 42.5 Å². The zero-order valence-electron chi connectivity index (χ0n) is 8.69. The Morgan fingerprint density at radius 2 is 1.81 bits per heavy atom. The molecule has 0 bridgehead atoms. The van der Waals surface area contributed by atoms with Gasteiger partial charge in [-0.15, -0.1) is 0 Å². The lowest BCUT2D eigenvalue weighted by atomic mass is 9.85. The van der Waals surface area contributed by atoms with E-state index in [4.69, 9.17) is 5.26 Å². The van der Waals surface area contributed by atoms with Crippen LogP contribution in [0.2, 0.25) is 0 Å². The molecule has 1 rings (SSSR count). The lowest BCUT2D eigenvalue weighted by molar-refractivity contribution is -0.138.